The van der Waals surface area contributed by atoms with Gasteiger partial charge in [0.15, 0.2) is 0 Å². The van der Waals surface area contributed by atoms with E-state index in [2.05, 4.69) is 55.5 Å². The zero-order chi connectivity index (χ0) is 14.3. The van der Waals surface area contributed by atoms with Gasteiger partial charge in [0.1, 0.15) is 0 Å². The smallest absolute Gasteiger partial charge is 0.0934 e. The molecule has 1 N–H and O–H groups in total. The minimum atomic E-state index is 0.401. The lowest BCUT2D eigenvalue weighted by Crippen LogP contribution is -2.11. The van der Waals surface area contributed by atoms with Crippen molar-refractivity contribution < 1.29 is 0 Å². The van der Waals surface area contributed by atoms with E-state index in [9.17, 15) is 0 Å². The van der Waals surface area contributed by atoms with Crippen LogP contribution in [0.4, 0.5) is 11.4 Å². The molecule has 1 aromatic carbocycles. The van der Waals surface area contributed by atoms with Gasteiger partial charge in [-0.2, -0.15) is 0 Å². The molecule has 106 valence electrons. The van der Waals surface area contributed by atoms with Gasteiger partial charge in [0.2, 0.25) is 0 Å². The number of hydrogen-bond donors (Lipinski definition) is 1. The first-order valence-corrected chi connectivity index (χ1v) is 8.06. The lowest BCUT2D eigenvalue weighted by molar-refractivity contribution is 0.761. The Morgan fingerprint density at radius 3 is 2.80 bits per heavy atom. The molecule has 3 rings (SSSR count). The molecule has 0 aliphatic heterocycles. The molecule has 1 heterocycles. The average molecular weight is 307 g/mol. The summed E-state index contributed by atoms with van der Waals surface area (Å²) in [5.41, 5.74) is 5.12. The zero-order valence-electron chi connectivity index (χ0n) is 12.0. The fraction of sp³-hybridized carbons (Fsp3) is 0.375. The molecule has 1 unspecified atom stereocenters. The number of rotatable bonds is 3. The zero-order valence-corrected chi connectivity index (χ0v) is 13.6. The number of halogens is 1. The van der Waals surface area contributed by atoms with Crippen LogP contribution in [0.25, 0.3) is 0 Å². The van der Waals surface area contributed by atoms with Crippen LogP contribution in [0.3, 0.4) is 0 Å². The van der Waals surface area contributed by atoms with Crippen LogP contribution in [0.15, 0.2) is 24.3 Å². The largest absolute Gasteiger partial charge is 0.378 e. The summed E-state index contributed by atoms with van der Waals surface area (Å²) in [4.78, 5) is 3.57. The van der Waals surface area contributed by atoms with Gasteiger partial charge in [-0.05, 0) is 55.2 Å². The molecule has 4 heteroatoms. The highest BCUT2D eigenvalue weighted by Gasteiger charge is 2.25. The second kappa shape index (κ2) is 5.30. The fourth-order valence-electron chi connectivity index (χ4n) is 2.76. The second-order valence-corrected chi connectivity index (χ2v) is 7.33. The Morgan fingerprint density at radius 2 is 2.10 bits per heavy atom. The van der Waals surface area contributed by atoms with Crippen LogP contribution in [-0.2, 0) is 6.42 Å². The molecule has 1 atom stereocenters. The number of benzene rings is 1. The van der Waals surface area contributed by atoms with E-state index in [1.807, 2.05) is 0 Å². The summed E-state index contributed by atoms with van der Waals surface area (Å²) >= 11 is 7.84. The van der Waals surface area contributed by atoms with Gasteiger partial charge in [-0.1, -0.05) is 11.6 Å². The van der Waals surface area contributed by atoms with Crippen molar-refractivity contribution in [1.82, 2.24) is 0 Å². The summed E-state index contributed by atoms with van der Waals surface area (Å²) in [6.45, 7) is 2.16. The SMILES string of the molecule is Cc1cc(N(C)C)ccc1NC1CCc2sc(Cl)cc21. The van der Waals surface area contributed by atoms with Crippen molar-refractivity contribution in [3.8, 4) is 0 Å². The molecule has 0 saturated carbocycles. The molecular formula is C16H19ClN2S. The number of hydrogen-bond acceptors (Lipinski definition) is 3. The monoisotopic (exact) mass is 306 g/mol. The molecular weight excluding hydrogens is 288 g/mol. The Bertz CT molecular complexity index is 633. The topological polar surface area (TPSA) is 15.3 Å². The maximum absolute atomic E-state index is 6.12. The number of anilines is 2. The molecule has 2 aromatic rings. The Morgan fingerprint density at radius 1 is 1.30 bits per heavy atom. The molecule has 0 bridgehead atoms. The predicted octanol–water partition coefficient (Wildman–Crippen LogP) is 4.88. The van der Waals surface area contributed by atoms with Gasteiger partial charge in [0.05, 0.1) is 10.4 Å². The van der Waals surface area contributed by atoms with Gasteiger partial charge in [0, 0.05) is 30.3 Å². The van der Waals surface area contributed by atoms with Crippen LogP contribution in [0.5, 0.6) is 0 Å². The number of nitrogens with zero attached hydrogens (tertiary/aromatic N) is 1. The Kier molecular flexibility index (Phi) is 3.65. The molecule has 0 amide bonds. The van der Waals surface area contributed by atoms with Crippen molar-refractivity contribution in [1.29, 1.82) is 0 Å². The molecule has 2 nitrogen and oxygen atoms in total. The van der Waals surface area contributed by atoms with E-state index in [0.29, 0.717) is 6.04 Å². The van der Waals surface area contributed by atoms with E-state index in [1.165, 1.54) is 27.4 Å². The molecule has 1 aromatic heterocycles. The Balaban J connectivity index is 1.82. The first-order valence-electron chi connectivity index (χ1n) is 6.87. The van der Waals surface area contributed by atoms with Crippen LogP contribution in [0, 0.1) is 6.92 Å². The summed E-state index contributed by atoms with van der Waals surface area (Å²) in [6.07, 6.45) is 2.30. The molecule has 0 spiro atoms. The first kappa shape index (κ1) is 13.8. The van der Waals surface area contributed by atoms with Crippen LogP contribution in [0.1, 0.15) is 28.5 Å². The van der Waals surface area contributed by atoms with Crippen LogP contribution >= 0.6 is 22.9 Å². The van der Waals surface area contributed by atoms with E-state index < -0.39 is 0 Å². The van der Waals surface area contributed by atoms with E-state index in [1.54, 1.807) is 11.3 Å². The normalized spacial score (nSPS) is 17.1. The highest BCUT2D eigenvalue weighted by Crippen LogP contribution is 2.41. The second-order valence-electron chi connectivity index (χ2n) is 5.56. The predicted molar refractivity (Wildman–Crippen MR) is 89.5 cm³/mol. The van der Waals surface area contributed by atoms with E-state index in [0.717, 1.165) is 17.2 Å². The summed E-state index contributed by atoms with van der Waals surface area (Å²) in [6, 6.07) is 9.08. The van der Waals surface area contributed by atoms with Gasteiger partial charge in [-0.25, -0.2) is 0 Å². The van der Waals surface area contributed by atoms with Crippen LogP contribution < -0.4 is 10.2 Å². The standard InChI is InChI=1S/C16H19ClN2S/c1-10-8-11(19(2)3)4-5-13(10)18-14-6-7-15-12(14)9-16(17)20-15/h4-5,8-9,14,18H,6-7H2,1-3H3. The summed E-state index contributed by atoms with van der Waals surface area (Å²) < 4.78 is 0.904. The van der Waals surface area contributed by atoms with Crippen molar-refractivity contribution in [2.45, 2.75) is 25.8 Å². The van der Waals surface area contributed by atoms with Gasteiger partial charge < -0.3 is 10.2 Å². The molecule has 0 radical (unpaired) electrons. The van der Waals surface area contributed by atoms with Gasteiger partial charge in [-0.15, -0.1) is 11.3 Å². The number of thiophene rings is 1. The third-order valence-corrected chi connectivity index (χ3v) is 5.24. The van der Waals surface area contributed by atoms with Crippen LogP contribution in [0.2, 0.25) is 4.34 Å². The fourth-order valence-corrected chi connectivity index (χ4v) is 4.11. The third-order valence-electron chi connectivity index (χ3n) is 3.90. The number of aryl methyl sites for hydroxylation is 2. The lowest BCUT2D eigenvalue weighted by atomic mass is 10.1. The van der Waals surface area contributed by atoms with Crippen molar-refractivity contribution in [2.24, 2.45) is 0 Å². The maximum Gasteiger partial charge on any atom is 0.0934 e. The van der Waals surface area contributed by atoms with Gasteiger partial charge >= 0.3 is 0 Å². The van der Waals surface area contributed by atoms with Crippen molar-refractivity contribution >= 4 is 34.3 Å². The third kappa shape index (κ3) is 2.52. The quantitative estimate of drug-likeness (QED) is 0.870. The van der Waals surface area contributed by atoms with E-state index in [-0.39, 0.29) is 0 Å². The molecule has 1 aliphatic carbocycles. The van der Waals surface area contributed by atoms with E-state index >= 15 is 0 Å². The minimum absolute atomic E-state index is 0.401. The molecule has 1 aliphatic rings. The molecule has 0 fully saturated rings. The van der Waals surface area contributed by atoms with Gasteiger partial charge in [-0.3, -0.25) is 0 Å². The molecule has 0 saturated heterocycles. The number of fused-ring (bicyclic) bond motifs is 1. The van der Waals surface area contributed by atoms with E-state index in [4.69, 9.17) is 11.6 Å². The first-order chi connectivity index (χ1) is 9.54. The highest BCUT2D eigenvalue weighted by atomic mass is 35.5. The van der Waals surface area contributed by atoms with Crippen molar-refractivity contribution in [2.75, 3.05) is 24.3 Å². The van der Waals surface area contributed by atoms with Crippen molar-refractivity contribution in [3.63, 3.8) is 0 Å². The Hall–Kier alpha value is -1.19. The summed E-state index contributed by atoms with van der Waals surface area (Å²) in [5, 5.41) is 3.67. The average Bonchev–Trinajstić information content (AvgIpc) is 2.92. The summed E-state index contributed by atoms with van der Waals surface area (Å²) in [7, 11) is 4.14. The highest BCUT2D eigenvalue weighted by molar-refractivity contribution is 7.16. The minimum Gasteiger partial charge on any atom is -0.378 e. The number of nitrogens with one attached hydrogen (secondary N) is 1. The molecule has 20 heavy (non-hydrogen) atoms. The maximum atomic E-state index is 6.12. The Labute approximate surface area is 129 Å². The van der Waals surface area contributed by atoms with Gasteiger partial charge in [0.25, 0.3) is 0 Å². The van der Waals surface area contributed by atoms with Crippen LogP contribution in [-0.4, -0.2) is 14.1 Å². The lowest BCUT2D eigenvalue weighted by Gasteiger charge is -2.19. The summed E-state index contributed by atoms with van der Waals surface area (Å²) in [5.74, 6) is 0. The van der Waals surface area contributed by atoms with Crippen molar-refractivity contribution in [3.05, 3.63) is 44.6 Å².